The topological polar surface area (TPSA) is 84.8 Å². The highest BCUT2D eigenvalue weighted by atomic mass is 32.2. The van der Waals surface area contributed by atoms with Crippen molar-refractivity contribution >= 4 is 21.5 Å². The highest BCUT2D eigenvalue weighted by Crippen LogP contribution is 2.26. The van der Waals surface area contributed by atoms with Gasteiger partial charge in [-0.25, -0.2) is 22.6 Å². The maximum atomic E-state index is 13.5. The minimum Gasteiger partial charge on any atom is -0.484 e. The third-order valence-electron chi connectivity index (χ3n) is 3.69. The van der Waals surface area contributed by atoms with Crippen molar-refractivity contribution in [1.82, 2.24) is 5.43 Å². The number of hydrazone groups is 1. The summed E-state index contributed by atoms with van der Waals surface area (Å²) in [5.74, 6) is -1.48. The second kappa shape index (κ2) is 7.20. The summed E-state index contributed by atoms with van der Waals surface area (Å²) in [6.45, 7) is -0.364. The van der Waals surface area contributed by atoms with Crippen molar-refractivity contribution in [3.63, 3.8) is 0 Å². The fourth-order valence-corrected chi connectivity index (χ4v) is 3.90. The zero-order valence-corrected chi connectivity index (χ0v) is 14.2. The van der Waals surface area contributed by atoms with Gasteiger partial charge in [-0.3, -0.25) is 4.79 Å². The van der Waals surface area contributed by atoms with Crippen molar-refractivity contribution in [2.75, 3.05) is 12.4 Å². The Morgan fingerprint density at radius 2 is 1.81 bits per heavy atom. The van der Waals surface area contributed by atoms with Crippen molar-refractivity contribution in [2.24, 2.45) is 5.10 Å². The molecule has 6 nitrogen and oxygen atoms in total. The third kappa shape index (κ3) is 4.05. The quantitative estimate of drug-likeness (QED) is 0.650. The van der Waals surface area contributed by atoms with E-state index in [0.717, 1.165) is 12.1 Å². The standard InChI is InChI=1S/C17H14F2N2O4S/c18-11-1-4-13(5-2-11)25-10-17(22)21-20-15-7-8-26(23,24)16-6-3-12(19)9-14(15)16/h1-6,9H,7-8,10H2,(H,21,22). The van der Waals surface area contributed by atoms with Gasteiger partial charge in [0.2, 0.25) is 0 Å². The van der Waals surface area contributed by atoms with E-state index in [2.05, 4.69) is 10.5 Å². The normalized spacial score (nSPS) is 16.8. The second-order valence-corrected chi connectivity index (χ2v) is 7.62. The summed E-state index contributed by atoms with van der Waals surface area (Å²) in [6, 6.07) is 8.47. The summed E-state index contributed by atoms with van der Waals surface area (Å²) in [5.41, 5.74) is 2.66. The van der Waals surface area contributed by atoms with Crippen LogP contribution in [0.5, 0.6) is 5.75 Å². The minimum absolute atomic E-state index is 0.0132. The Hall–Kier alpha value is -2.81. The van der Waals surface area contributed by atoms with Gasteiger partial charge in [-0.2, -0.15) is 5.10 Å². The molecule has 9 heteroatoms. The van der Waals surface area contributed by atoms with Gasteiger partial charge in [-0.05, 0) is 42.5 Å². The van der Waals surface area contributed by atoms with Crippen molar-refractivity contribution in [2.45, 2.75) is 11.3 Å². The molecule has 0 atom stereocenters. The van der Waals surface area contributed by atoms with Gasteiger partial charge in [-0.1, -0.05) is 0 Å². The summed E-state index contributed by atoms with van der Waals surface area (Å²) in [5, 5.41) is 3.90. The summed E-state index contributed by atoms with van der Waals surface area (Å²) in [6.07, 6.45) is 0.0535. The van der Waals surface area contributed by atoms with Crippen LogP contribution in [0.25, 0.3) is 0 Å². The van der Waals surface area contributed by atoms with E-state index in [4.69, 9.17) is 4.74 Å². The van der Waals surface area contributed by atoms with E-state index in [9.17, 15) is 22.0 Å². The molecule has 2 aromatic rings. The van der Waals surface area contributed by atoms with Crippen LogP contribution in [0.1, 0.15) is 12.0 Å². The Labute approximate surface area is 148 Å². The van der Waals surface area contributed by atoms with Gasteiger partial charge in [-0.15, -0.1) is 0 Å². The van der Waals surface area contributed by atoms with Crippen LogP contribution in [-0.4, -0.2) is 32.4 Å². The number of carbonyl (C=O) groups is 1. The number of amides is 1. The van der Waals surface area contributed by atoms with Gasteiger partial charge >= 0.3 is 0 Å². The highest BCUT2D eigenvalue weighted by Gasteiger charge is 2.28. The number of nitrogens with one attached hydrogen (secondary N) is 1. The molecule has 0 saturated carbocycles. The van der Waals surface area contributed by atoms with E-state index < -0.39 is 27.4 Å². The number of benzene rings is 2. The Kier molecular flexibility index (Phi) is 4.99. The fraction of sp³-hybridized carbons (Fsp3) is 0.176. The Bertz CT molecular complexity index is 973. The van der Waals surface area contributed by atoms with E-state index in [-0.39, 0.29) is 35.0 Å². The summed E-state index contributed by atoms with van der Waals surface area (Å²) in [7, 11) is -3.50. The summed E-state index contributed by atoms with van der Waals surface area (Å²) < 4.78 is 55.5. The molecule has 0 bridgehead atoms. The molecule has 0 spiro atoms. The van der Waals surface area contributed by atoms with Crippen LogP contribution in [0, 0.1) is 11.6 Å². The van der Waals surface area contributed by atoms with Crippen LogP contribution in [-0.2, 0) is 14.6 Å². The number of ether oxygens (including phenoxy) is 1. The first kappa shape index (κ1) is 18.0. The van der Waals surface area contributed by atoms with Gasteiger partial charge in [0.15, 0.2) is 16.4 Å². The Morgan fingerprint density at radius 1 is 1.12 bits per heavy atom. The van der Waals surface area contributed by atoms with E-state index >= 15 is 0 Å². The molecule has 0 unspecified atom stereocenters. The zero-order valence-electron chi connectivity index (χ0n) is 13.4. The van der Waals surface area contributed by atoms with E-state index in [1.165, 1.54) is 30.3 Å². The van der Waals surface area contributed by atoms with Crippen molar-refractivity contribution < 1.29 is 26.7 Å². The fourth-order valence-electron chi connectivity index (χ4n) is 2.43. The Balaban J connectivity index is 1.69. The molecule has 1 N–H and O–H groups in total. The largest absolute Gasteiger partial charge is 0.484 e. The number of nitrogens with zero attached hydrogens (tertiary/aromatic N) is 1. The Morgan fingerprint density at radius 3 is 2.54 bits per heavy atom. The van der Waals surface area contributed by atoms with Crippen LogP contribution >= 0.6 is 0 Å². The number of halogens is 2. The average molecular weight is 380 g/mol. The van der Waals surface area contributed by atoms with Gasteiger partial charge in [0, 0.05) is 12.0 Å². The van der Waals surface area contributed by atoms with Crippen molar-refractivity contribution in [3.8, 4) is 5.75 Å². The third-order valence-corrected chi connectivity index (χ3v) is 5.46. The van der Waals surface area contributed by atoms with Crippen LogP contribution in [0.3, 0.4) is 0 Å². The minimum atomic E-state index is -3.50. The molecule has 1 heterocycles. The summed E-state index contributed by atoms with van der Waals surface area (Å²) in [4.78, 5) is 11.8. The second-order valence-electron chi connectivity index (χ2n) is 5.55. The molecule has 1 aliphatic rings. The SMILES string of the molecule is O=C(COc1ccc(F)cc1)NN=C1CCS(=O)(=O)c2ccc(F)cc21. The molecule has 2 aromatic carbocycles. The van der Waals surface area contributed by atoms with Crippen LogP contribution in [0.2, 0.25) is 0 Å². The molecule has 0 fully saturated rings. The van der Waals surface area contributed by atoms with E-state index in [0.29, 0.717) is 5.75 Å². The lowest BCUT2D eigenvalue weighted by molar-refractivity contribution is -0.123. The molecule has 3 rings (SSSR count). The first-order valence-corrected chi connectivity index (χ1v) is 9.27. The lowest BCUT2D eigenvalue weighted by Gasteiger charge is -2.18. The number of hydrogen-bond acceptors (Lipinski definition) is 5. The van der Waals surface area contributed by atoms with Crippen LogP contribution in [0.15, 0.2) is 52.5 Å². The molecule has 136 valence electrons. The van der Waals surface area contributed by atoms with Crippen LogP contribution in [0.4, 0.5) is 8.78 Å². The molecular weight excluding hydrogens is 366 g/mol. The molecule has 1 aliphatic heterocycles. The number of carbonyl (C=O) groups excluding carboxylic acids is 1. The van der Waals surface area contributed by atoms with Crippen molar-refractivity contribution in [1.29, 1.82) is 0 Å². The van der Waals surface area contributed by atoms with Gasteiger partial charge < -0.3 is 4.74 Å². The predicted molar refractivity (Wildman–Crippen MR) is 89.6 cm³/mol. The lowest BCUT2D eigenvalue weighted by Crippen LogP contribution is -2.28. The first-order valence-electron chi connectivity index (χ1n) is 7.61. The van der Waals surface area contributed by atoms with E-state index in [1.54, 1.807) is 0 Å². The molecule has 0 aromatic heterocycles. The molecule has 0 radical (unpaired) electrons. The van der Waals surface area contributed by atoms with E-state index in [1.807, 2.05) is 0 Å². The number of hydrogen-bond donors (Lipinski definition) is 1. The maximum absolute atomic E-state index is 13.5. The van der Waals surface area contributed by atoms with Gasteiger partial charge in [0.1, 0.15) is 17.4 Å². The number of fused-ring (bicyclic) bond motifs is 1. The van der Waals surface area contributed by atoms with Gasteiger partial charge in [0.25, 0.3) is 5.91 Å². The molecular formula is C17H14F2N2O4S. The number of sulfone groups is 1. The predicted octanol–water partition coefficient (Wildman–Crippen LogP) is 2.04. The summed E-state index contributed by atoms with van der Waals surface area (Å²) >= 11 is 0. The highest BCUT2D eigenvalue weighted by molar-refractivity contribution is 7.91. The zero-order chi connectivity index (χ0) is 18.7. The number of rotatable bonds is 4. The lowest BCUT2D eigenvalue weighted by atomic mass is 10.1. The molecule has 0 saturated heterocycles. The maximum Gasteiger partial charge on any atom is 0.277 e. The molecule has 0 aliphatic carbocycles. The smallest absolute Gasteiger partial charge is 0.277 e. The van der Waals surface area contributed by atoms with Crippen molar-refractivity contribution in [3.05, 3.63) is 59.7 Å². The molecule has 26 heavy (non-hydrogen) atoms. The average Bonchev–Trinajstić information content (AvgIpc) is 2.60. The van der Waals surface area contributed by atoms with Gasteiger partial charge in [0.05, 0.1) is 16.4 Å². The molecule has 1 amide bonds. The monoisotopic (exact) mass is 380 g/mol. The van der Waals surface area contributed by atoms with Crippen LogP contribution < -0.4 is 10.2 Å². The first-order chi connectivity index (χ1) is 12.3.